The molecule has 0 aromatic heterocycles. The smallest absolute Gasteiger partial charge is 0.258 e. The summed E-state index contributed by atoms with van der Waals surface area (Å²) < 4.78 is 30.9. The zero-order chi connectivity index (χ0) is 36.7. The highest BCUT2D eigenvalue weighted by molar-refractivity contribution is 6.58. The number of aromatic hydroxyl groups is 1. The number of nitrogens with zero attached hydrogens (tertiary/aromatic N) is 3. The van der Waals surface area contributed by atoms with Crippen LogP contribution in [0.3, 0.4) is 0 Å². The number of imide groups is 2. The second-order valence-electron chi connectivity index (χ2n) is 13.6. The Morgan fingerprint density at radius 2 is 1.38 bits per heavy atom. The maximum absolute atomic E-state index is 14.7. The van der Waals surface area contributed by atoms with Crippen LogP contribution >= 0.6 is 23.2 Å². The Bertz CT molecular complexity index is 2010. The van der Waals surface area contributed by atoms with E-state index in [2.05, 4.69) is 4.90 Å². The topological polar surface area (TPSA) is 126 Å². The van der Waals surface area contributed by atoms with E-state index in [1.54, 1.807) is 18.2 Å². The van der Waals surface area contributed by atoms with Crippen molar-refractivity contribution < 1.29 is 42.9 Å². The molecule has 5 aliphatic rings. The molecule has 6 atom stereocenters. The molecule has 270 valence electrons. The highest BCUT2D eigenvalue weighted by Crippen LogP contribution is 2.67. The van der Waals surface area contributed by atoms with Crippen molar-refractivity contribution in [3.05, 3.63) is 83.7 Å². The van der Waals surface area contributed by atoms with Gasteiger partial charge in [-0.1, -0.05) is 11.6 Å². The maximum atomic E-state index is 14.7. The quantitative estimate of drug-likeness (QED) is 0.207. The number of alkyl halides is 2. The highest BCUT2D eigenvalue weighted by Gasteiger charge is 2.77. The van der Waals surface area contributed by atoms with E-state index in [-0.39, 0.29) is 47.2 Å². The lowest BCUT2D eigenvalue weighted by Crippen LogP contribution is -2.60. The SMILES string of the molecule is COc1cc(O)cc(OC)c1[C@H]1C2=CC[C@@H]3C(=O)N(c4ccc(N5CCOCC5)cc4)C(=O)[C@@H]3[C@@H]2C[C@@]2(Cl)C(=O)N(c3ccc(F)cc3)C(=O)[C@@]12Cl. The van der Waals surface area contributed by atoms with E-state index in [9.17, 15) is 28.7 Å². The number of anilines is 3. The van der Waals surface area contributed by atoms with Crippen molar-refractivity contribution in [1.29, 1.82) is 0 Å². The van der Waals surface area contributed by atoms with Crippen LogP contribution in [-0.4, -0.2) is 79.0 Å². The van der Waals surface area contributed by atoms with Gasteiger partial charge in [0.1, 0.15) is 23.1 Å². The molecular weight excluding hydrogens is 716 g/mol. The summed E-state index contributed by atoms with van der Waals surface area (Å²) in [5, 5.41) is 10.5. The zero-order valence-electron chi connectivity index (χ0n) is 28.2. The van der Waals surface area contributed by atoms with Crippen LogP contribution in [0.15, 0.2) is 72.3 Å². The van der Waals surface area contributed by atoms with Gasteiger partial charge in [0.05, 0.1) is 50.6 Å². The van der Waals surface area contributed by atoms with E-state index >= 15 is 0 Å². The van der Waals surface area contributed by atoms with Crippen LogP contribution in [0.1, 0.15) is 24.3 Å². The molecule has 4 fully saturated rings. The van der Waals surface area contributed by atoms with Crippen molar-refractivity contribution in [3.8, 4) is 17.2 Å². The molecule has 0 unspecified atom stereocenters. The molecule has 14 heteroatoms. The Morgan fingerprint density at radius 1 is 0.808 bits per heavy atom. The summed E-state index contributed by atoms with van der Waals surface area (Å²) in [6.45, 7) is 2.66. The fourth-order valence-electron chi connectivity index (χ4n) is 8.81. The number of methoxy groups -OCH3 is 2. The predicted octanol–water partition coefficient (Wildman–Crippen LogP) is 5.15. The number of hydrogen-bond donors (Lipinski definition) is 1. The van der Waals surface area contributed by atoms with E-state index in [0.29, 0.717) is 24.5 Å². The van der Waals surface area contributed by atoms with Gasteiger partial charge in [-0.2, -0.15) is 0 Å². The third-order valence-electron chi connectivity index (χ3n) is 11.2. The summed E-state index contributed by atoms with van der Waals surface area (Å²) in [5.74, 6) is -6.90. The number of phenols is 1. The molecule has 0 bridgehead atoms. The van der Waals surface area contributed by atoms with Crippen LogP contribution < -0.4 is 24.2 Å². The maximum Gasteiger partial charge on any atom is 0.258 e. The number of benzene rings is 3. The molecule has 52 heavy (non-hydrogen) atoms. The summed E-state index contributed by atoms with van der Waals surface area (Å²) in [4.78, 5) is 57.8. The summed E-state index contributed by atoms with van der Waals surface area (Å²) in [6, 6.07) is 14.7. The van der Waals surface area contributed by atoms with Crippen LogP contribution in [0.2, 0.25) is 0 Å². The molecule has 4 amide bonds. The van der Waals surface area contributed by atoms with Gasteiger partial charge in [0, 0.05) is 42.4 Å². The number of hydrogen-bond acceptors (Lipinski definition) is 9. The van der Waals surface area contributed by atoms with E-state index < -0.39 is 57.0 Å². The first-order valence-electron chi connectivity index (χ1n) is 16.9. The van der Waals surface area contributed by atoms with Crippen molar-refractivity contribution in [3.63, 3.8) is 0 Å². The van der Waals surface area contributed by atoms with Crippen molar-refractivity contribution >= 4 is 63.9 Å². The minimum absolute atomic E-state index is 0.0582. The highest BCUT2D eigenvalue weighted by atomic mass is 35.5. The number of morpholine rings is 1. The minimum atomic E-state index is -2.21. The molecule has 1 N–H and O–H groups in total. The number of rotatable bonds is 6. The Kier molecular flexibility index (Phi) is 8.27. The van der Waals surface area contributed by atoms with E-state index in [1.807, 2.05) is 12.1 Å². The molecule has 3 saturated heterocycles. The number of allylic oxidation sites excluding steroid dienone is 2. The normalized spacial score (nSPS) is 29.9. The van der Waals surface area contributed by atoms with Crippen LogP contribution in [0.4, 0.5) is 21.5 Å². The van der Waals surface area contributed by atoms with Crippen molar-refractivity contribution in [2.45, 2.75) is 28.5 Å². The van der Waals surface area contributed by atoms with Gasteiger partial charge in [-0.05, 0) is 67.3 Å². The van der Waals surface area contributed by atoms with Crippen LogP contribution in [0.5, 0.6) is 17.2 Å². The second-order valence-corrected chi connectivity index (χ2v) is 14.9. The van der Waals surface area contributed by atoms with Gasteiger partial charge in [0.25, 0.3) is 11.8 Å². The number of phenolic OH excluding ortho intramolecular Hbond substituents is 1. The lowest BCUT2D eigenvalue weighted by molar-refractivity contribution is -0.125. The molecule has 1 saturated carbocycles. The lowest BCUT2D eigenvalue weighted by Gasteiger charge is -2.51. The minimum Gasteiger partial charge on any atom is -0.508 e. The molecule has 3 aliphatic heterocycles. The molecular formula is C38H34Cl2FN3O8. The standard InChI is InChI=1S/C38H34Cl2FN3O8/c1-50-28-17-24(45)18-29(51-2)31(28)32-25-11-12-26-30(34(47)43(33(26)46)22-9-7-21(8-10-22)42-13-15-52-16-14-42)27(25)19-37(39)35(48)44(36(49)38(32,37)40)23-5-3-20(41)4-6-23/h3-11,17-18,26-27,30,32,45H,12-16,19H2,1-2H3/t26-,27+,30-,32+,37+,38-/m0/s1. The van der Waals surface area contributed by atoms with Crippen molar-refractivity contribution in [2.24, 2.45) is 17.8 Å². The Balaban J connectivity index is 1.25. The number of halogens is 3. The summed E-state index contributed by atoms with van der Waals surface area (Å²) in [6.07, 6.45) is 1.70. The van der Waals surface area contributed by atoms with Crippen LogP contribution in [0, 0.1) is 23.6 Å². The van der Waals surface area contributed by atoms with Gasteiger partial charge in [-0.25, -0.2) is 9.29 Å². The number of ether oxygens (including phenoxy) is 3. The average molecular weight is 751 g/mol. The molecule has 3 aromatic carbocycles. The van der Waals surface area contributed by atoms with E-state index in [0.717, 1.165) is 35.8 Å². The summed E-state index contributed by atoms with van der Waals surface area (Å²) >= 11 is 15.0. The van der Waals surface area contributed by atoms with Crippen molar-refractivity contribution in [1.82, 2.24) is 0 Å². The molecule has 8 rings (SSSR count). The third-order valence-corrected chi connectivity index (χ3v) is 12.6. The van der Waals surface area contributed by atoms with Gasteiger partial charge in [0.15, 0.2) is 9.75 Å². The Morgan fingerprint density at radius 3 is 2.00 bits per heavy atom. The fourth-order valence-corrected chi connectivity index (χ4v) is 9.73. The van der Waals surface area contributed by atoms with E-state index in [4.69, 9.17) is 37.4 Å². The molecule has 11 nitrogen and oxygen atoms in total. The van der Waals surface area contributed by atoms with Gasteiger partial charge in [-0.3, -0.25) is 24.1 Å². The summed E-state index contributed by atoms with van der Waals surface area (Å²) in [5.41, 5.74) is 2.16. The predicted molar refractivity (Wildman–Crippen MR) is 190 cm³/mol. The monoisotopic (exact) mass is 749 g/mol. The molecule has 0 radical (unpaired) electrons. The first kappa shape index (κ1) is 34.4. The van der Waals surface area contributed by atoms with Gasteiger partial charge < -0.3 is 24.2 Å². The third kappa shape index (κ3) is 4.80. The molecule has 0 spiro atoms. The number of fused-ring (bicyclic) bond motifs is 4. The van der Waals surface area contributed by atoms with Crippen LogP contribution in [0.25, 0.3) is 0 Å². The van der Waals surface area contributed by atoms with Gasteiger partial charge >= 0.3 is 0 Å². The summed E-state index contributed by atoms with van der Waals surface area (Å²) in [7, 11) is 2.73. The van der Waals surface area contributed by atoms with E-state index in [1.165, 1.54) is 43.4 Å². The number of carbonyl (C=O) groups excluding carboxylic acids is 4. The van der Waals surface area contributed by atoms with Crippen molar-refractivity contribution in [2.75, 3.05) is 55.2 Å². The Hall–Kier alpha value is -4.65. The molecule has 3 heterocycles. The largest absolute Gasteiger partial charge is 0.508 e. The zero-order valence-corrected chi connectivity index (χ0v) is 29.7. The number of carbonyl (C=O) groups is 4. The Labute approximate surface area is 308 Å². The van der Waals surface area contributed by atoms with Gasteiger partial charge in [-0.15, -0.1) is 23.2 Å². The molecule has 3 aromatic rings. The van der Waals surface area contributed by atoms with Crippen LogP contribution in [-0.2, 0) is 23.9 Å². The first-order chi connectivity index (χ1) is 24.9. The molecule has 2 aliphatic carbocycles. The first-order valence-corrected chi connectivity index (χ1v) is 17.7. The average Bonchev–Trinajstić information content (AvgIpc) is 3.49. The van der Waals surface area contributed by atoms with Gasteiger partial charge in [0.2, 0.25) is 11.8 Å². The fraction of sp³-hybridized carbons (Fsp3) is 0.368. The lowest BCUT2D eigenvalue weighted by atomic mass is 9.56. The number of amides is 4. The second kappa shape index (κ2) is 12.5.